The minimum atomic E-state index is 0.191. The van der Waals surface area contributed by atoms with Gasteiger partial charge in [-0.3, -0.25) is 4.79 Å². The fraction of sp³-hybridized carbons (Fsp3) is 0.900. The number of thioether (sulfide) groups is 1. The topological polar surface area (TPSA) is 32.3 Å². The van der Waals surface area contributed by atoms with E-state index in [0.717, 1.165) is 18.7 Å². The highest BCUT2D eigenvalue weighted by atomic mass is 32.2. The third-order valence-corrected chi connectivity index (χ3v) is 2.87. The predicted molar refractivity (Wildman–Crippen MR) is 63.8 cm³/mol. The third kappa shape index (κ3) is 6.27. The molecule has 0 aliphatic carbocycles. The third-order valence-electron chi connectivity index (χ3n) is 2.13. The summed E-state index contributed by atoms with van der Waals surface area (Å²) in [6.07, 6.45) is 3.82. The Bertz CT molecular complexity index is 162. The summed E-state index contributed by atoms with van der Waals surface area (Å²) in [5.41, 5.74) is 0. The lowest BCUT2D eigenvalue weighted by molar-refractivity contribution is -0.128. The average Bonchev–Trinajstić information content (AvgIpc) is 2.16. The molecule has 0 aliphatic heterocycles. The summed E-state index contributed by atoms with van der Waals surface area (Å²) in [5, 5.41) is 3.39. The van der Waals surface area contributed by atoms with Crippen molar-refractivity contribution >= 4 is 17.7 Å². The Kier molecular flexibility index (Phi) is 7.99. The molecule has 3 nitrogen and oxygen atoms in total. The standard InChI is InChI=1S/C10H22N2OS/c1-5-9(8-14-4)11-7-6-10(13)12(2)3/h9,11H,5-8H2,1-4H3. The van der Waals surface area contributed by atoms with Crippen LogP contribution in [0.4, 0.5) is 0 Å². The Balaban J connectivity index is 3.55. The number of amides is 1. The largest absolute Gasteiger partial charge is 0.349 e. The summed E-state index contributed by atoms with van der Waals surface area (Å²) in [4.78, 5) is 12.9. The van der Waals surface area contributed by atoms with Crippen molar-refractivity contribution in [1.82, 2.24) is 10.2 Å². The molecule has 1 atom stereocenters. The van der Waals surface area contributed by atoms with Crippen molar-refractivity contribution < 1.29 is 4.79 Å². The lowest BCUT2D eigenvalue weighted by Crippen LogP contribution is -2.34. The first-order valence-electron chi connectivity index (χ1n) is 5.04. The van der Waals surface area contributed by atoms with Gasteiger partial charge in [-0.15, -0.1) is 0 Å². The molecule has 1 unspecified atom stereocenters. The van der Waals surface area contributed by atoms with Crippen molar-refractivity contribution in [3.8, 4) is 0 Å². The van der Waals surface area contributed by atoms with E-state index in [2.05, 4.69) is 18.5 Å². The van der Waals surface area contributed by atoms with Gasteiger partial charge < -0.3 is 10.2 Å². The van der Waals surface area contributed by atoms with Gasteiger partial charge in [0.1, 0.15) is 0 Å². The molecule has 0 rings (SSSR count). The van der Waals surface area contributed by atoms with Crippen LogP contribution >= 0.6 is 11.8 Å². The van der Waals surface area contributed by atoms with Gasteiger partial charge in [0, 0.05) is 38.9 Å². The van der Waals surface area contributed by atoms with Crippen LogP contribution in [0.1, 0.15) is 19.8 Å². The van der Waals surface area contributed by atoms with Gasteiger partial charge in [-0.2, -0.15) is 11.8 Å². The normalized spacial score (nSPS) is 12.6. The highest BCUT2D eigenvalue weighted by molar-refractivity contribution is 7.98. The monoisotopic (exact) mass is 218 g/mol. The summed E-state index contributed by atoms with van der Waals surface area (Å²) in [5.74, 6) is 1.31. The zero-order valence-corrected chi connectivity index (χ0v) is 10.5. The second-order valence-corrected chi connectivity index (χ2v) is 4.46. The molecular weight excluding hydrogens is 196 g/mol. The first-order chi connectivity index (χ1) is 6.61. The van der Waals surface area contributed by atoms with Gasteiger partial charge in [0.15, 0.2) is 0 Å². The summed E-state index contributed by atoms with van der Waals surface area (Å²) in [6.45, 7) is 2.96. The van der Waals surface area contributed by atoms with Crippen molar-refractivity contribution in [2.75, 3.05) is 32.6 Å². The molecule has 1 N–H and O–H groups in total. The fourth-order valence-corrected chi connectivity index (χ4v) is 1.89. The van der Waals surface area contributed by atoms with Crippen LogP contribution in [0.15, 0.2) is 0 Å². The number of hydrogen-bond donors (Lipinski definition) is 1. The maximum Gasteiger partial charge on any atom is 0.223 e. The molecule has 0 aromatic rings. The average molecular weight is 218 g/mol. The van der Waals surface area contributed by atoms with Crippen LogP contribution in [0, 0.1) is 0 Å². The zero-order chi connectivity index (χ0) is 11.0. The molecular formula is C10H22N2OS. The second-order valence-electron chi connectivity index (χ2n) is 3.55. The summed E-state index contributed by atoms with van der Waals surface area (Å²) in [7, 11) is 3.59. The van der Waals surface area contributed by atoms with E-state index in [9.17, 15) is 4.79 Å². The molecule has 0 saturated carbocycles. The molecule has 84 valence electrons. The first-order valence-corrected chi connectivity index (χ1v) is 6.43. The zero-order valence-electron chi connectivity index (χ0n) is 9.67. The molecule has 0 saturated heterocycles. The van der Waals surface area contributed by atoms with Gasteiger partial charge >= 0.3 is 0 Å². The number of carbonyl (C=O) groups is 1. The van der Waals surface area contributed by atoms with Crippen molar-refractivity contribution in [2.24, 2.45) is 0 Å². The number of rotatable bonds is 7. The van der Waals surface area contributed by atoms with Crippen molar-refractivity contribution in [2.45, 2.75) is 25.8 Å². The van der Waals surface area contributed by atoms with Crippen LogP contribution in [0.5, 0.6) is 0 Å². The number of nitrogens with zero attached hydrogens (tertiary/aromatic N) is 1. The van der Waals surface area contributed by atoms with Gasteiger partial charge in [0.05, 0.1) is 0 Å². The Labute approximate surface area is 91.6 Å². The molecule has 0 spiro atoms. The lowest BCUT2D eigenvalue weighted by atomic mass is 10.2. The maximum absolute atomic E-state index is 11.3. The van der Waals surface area contributed by atoms with E-state index in [1.807, 2.05) is 11.8 Å². The van der Waals surface area contributed by atoms with Crippen LogP contribution in [0.3, 0.4) is 0 Å². The van der Waals surface area contributed by atoms with Crippen LogP contribution in [-0.4, -0.2) is 49.5 Å². The van der Waals surface area contributed by atoms with E-state index in [0.29, 0.717) is 12.5 Å². The lowest BCUT2D eigenvalue weighted by Gasteiger charge is -2.16. The van der Waals surface area contributed by atoms with Crippen molar-refractivity contribution in [1.29, 1.82) is 0 Å². The second kappa shape index (κ2) is 8.12. The Morgan fingerprint density at radius 2 is 2.14 bits per heavy atom. The summed E-state index contributed by atoms with van der Waals surface area (Å²) in [6, 6.07) is 0.542. The molecule has 0 aromatic carbocycles. The molecule has 14 heavy (non-hydrogen) atoms. The molecule has 0 aromatic heterocycles. The number of hydrogen-bond acceptors (Lipinski definition) is 3. The predicted octanol–water partition coefficient (Wildman–Crippen LogP) is 1.20. The molecule has 1 amide bonds. The molecule has 0 aliphatic rings. The van der Waals surface area contributed by atoms with E-state index >= 15 is 0 Å². The maximum atomic E-state index is 11.3. The van der Waals surface area contributed by atoms with E-state index in [1.165, 1.54) is 0 Å². The minimum absolute atomic E-state index is 0.191. The Hall–Kier alpha value is -0.220. The van der Waals surface area contributed by atoms with Crippen molar-refractivity contribution in [3.63, 3.8) is 0 Å². The van der Waals surface area contributed by atoms with Gasteiger partial charge in [0.25, 0.3) is 0 Å². The van der Waals surface area contributed by atoms with Crippen LogP contribution < -0.4 is 5.32 Å². The molecule has 0 fully saturated rings. The molecule has 0 radical (unpaired) electrons. The van der Waals surface area contributed by atoms with E-state index in [1.54, 1.807) is 19.0 Å². The van der Waals surface area contributed by atoms with Gasteiger partial charge in [0.2, 0.25) is 5.91 Å². The number of carbonyl (C=O) groups excluding carboxylic acids is 1. The van der Waals surface area contributed by atoms with Crippen molar-refractivity contribution in [3.05, 3.63) is 0 Å². The highest BCUT2D eigenvalue weighted by Crippen LogP contribution is 2.00. The minimum Gasteiger partial charge on any atom is -0.349 e. The SMILES string of the molecule is CCC(CSC)NCCC(=O)N(C)C. The molecule has 0 heterocycles. The first kappa shape index (κ1) is 13.8. The molecule has 0 bridgehead atoms. The summed E-state index contributed by atoms with van der Waals surface area (Å²) >= 11 is 1.84. The quantitative estimate of drug-likeness (QED) is 0.697. The smallest absolute Gasteiger partial charge is 0.223 e. The Morgan fingerprint density at radius 3 is 2.57 bits per heavy atom. The van der Waals surface area contributed by atoms with E-state index in [-0.39, 0.29) is 5.91 Å². The molecule has 4 heteroatoms. The van der Waals surface area contributed by atoms with Crippen LogP contribution in [-0.2, 0) is 4.79 Å². The fourth-order valence-electron chi connectivity index (χ4n) is 1.13. The summed E-state index contributed by atoms with van der Waals surface area (Å²) < 4.78 is 0. The van der Waals surface area contributed by atoms with Gasteiger partial charge in [-0.1, -0.05) is 6.92 Å². The van der Waals surface area contributed by atoms with Gasteiger partial charge in [-0.25, -0.2) is 0 Å². The highest BCUT2D eigenvalue weighted by Gasteiger charge is 2.06. The van der Waals surface area contributed by atoms with Crippen LogP contribution in [0.25, 0.3) is 0 Å². The van der Waals surface area contributed by atoms with Crippen LogP contribution in [0.2, 0.25) is 0 Å². The Morgan fingerprint density at radius 1 is 1.50 bits per heavy atom. The van der Waals surface area contributed by atoms with E-state index < -0.39 is 0 Å². The number of nitrogens with one attached hydrogen (secondary N) is 1. The van der Waals surface area contributed by atoms with Gasteiger partial charge in [-0.05, 0) is 12.7 Å². The van der Waals surface area contributed by atoms with E-state index in [4.69, 9.17) is 0 Å².